The topological polar surface area (TPSA) is 172 Å². The predicted octanol–water partition coefficient (Wildman–Crippen LogP) is 3.21. The molecule has 11 nitrogen and oxygen atoms in total. The zero-order valence-corrected chi connectivity index (χ0v) is 19.6. The van der Waals surface area contributed by atoms with Gasteiger partial charge in [0, 0.05) is 28.2 Å². The average molecular weight is 498 g/mol. The van der Waals surface area contributed by atoms with Gasteiger partial charge >= 0.3 is 0 Å². The molecule has 0 aliphatic carbocycles. The van der Waals surface area contributed by atoms with Gasteiger partial charge in [0.05, 0.1) is 12.1 Å². The molecule has 0 radical (unpaired) electrons. The van der Waals surface area contributed by atoms with Crippen LogP contribution in [0, 0.1) is 0 Å². The third kappa shape index (κ3) is 6.09. The summed E-state index contributed by atoms with van der Waals surface area (Å²) >= 11 is 0. The van der Waals surface area contributed by atoms with Crippen LogP contribution in [-0.4, -0.2) is 35.5 Å². The number of primary amides is 1. The van der Waals surface area contributed by atoms with Crippen LogP contribution in [0.1, 0.15) is 33.2 Å². The second-order valence-corrected chi connectivity index (χ2v) is 8.26. The van der Waals surface area contributed by atoms with E-state index >= 15 is 0 Å². The predicted molar refractivity (Wildman–Crippen MR) is 136 cm³/mol. The normalized spacial score (nSPS) is 12.9. The minimum Gasteiger partial charge on any atom is -0.366 e. The molecule has 186 valence electrons. The van der Waals surface area contributed by atoms with Crippen LogP contribution in [0.3, 0.4) is 0 Å². The molecule has 4 amide bonds. The quantitative estimate of drug-likeness (QED) is 0.275. The lowest BCUT2D eigenvalue weighted by Crippen LogP contribution is -2.31. The number of fused-ring (bicyclic) bond motifs is 1. The standard InChI is InChI=1S/C26H22N6O5/c1-14(33)23(26(37)29-20-10-11-21-17(12-20)13-22(34)30-21)32-31-19-8-4-16(5-9-19)25(36)28-18-6-2-15(3-7-18)24(27)35/h2-12,23H,13H2,1H3,(H2,27,35)(H,28,36)(H,29,37)(H,30,34). The molecule has 1 aliphatic heterocycles. The molecule has 5 N–H and O–H groups in total. The van der Waals surface area contributed by atoms with Gasteiger partial charge in [-0.25, -0.2) is 0 Å². The third-order valence-electron chi connectivity index (χ3n) is 5.48. The number of hydrogen-bond donors (Lipinski definition) is 4. The lowest BCUT2D eigenvalue weighted by atomic mass is 10.1. The largest absolute Gasteiger partial charge is 0.366 e. The number of amides is 4. The Balaban J connectivity index is 1.39. The van der Waals surface area contributed by atoms with Crippen molar-refractivity contribution in [2.75, 3.05) is 16.0 Å². The number of benzene rings is 3. The molecular weight excluding hydrogens is 476 g/mol. The number of rotatable bonds is 8. The molecule has 0 aromatic heterocycles. The number of Topliss-reactive ketones (excluding diaryl/α,β-unsaturated/α-hetero) is 1. The van der Waals surface area contributed by atoms with E-state index in [0.29, 0.717) is 33.9 Å². The van der Waals surface area contributed by atoms with E-state index in [0.717, 1.165) is 5.56 Å². The highest BCUT2D eigenvalue weighted by Crippen LogP contribution is 2.26. The summed E-state index contributed by atoms with van der Waals surface area (Å²) in [5.41, 5.74) is 8.55. The lowest BCUT2D eigenvalue weighted by molar-refractivity contribution is -0.126. The van der Waals surface area contributed by atoms with Crippen molar-refractivity contribution in [1.29, 1.82) is 0 Å². The van der Waals surface area contributed by atoms with Gasteiger partial charge in [-0.2, -0.15) is 10.2 Å². The van der Waals surface area contributed by atoms with Crippen molar-refractivity contribution in [3.63, 3.8) is 0 Å². The van der Waals surface area contributed by atoms with Crippen LogP contribution in [0.4, 0.5) is 22.7 Å². The maximum atomic E-state index is 12.7. The van der Waals surface area contributed by atoms with Crippen molar-refractivity contribution in [2.45, 2.75) is 19.4 Å². The molecule has 0 bridgehead atoms. The minimum absolute atomic E-state index is 0.128. The fraction of sp³-hybridized carbons (Fsp3) is 0.115. The zero-order valence-electron chi connectivity index (χ0n) is 19.6. The van der Waals surface area contributed by atoms with Gasteiger partial charge in [0.15, 0.2) is 5.78 Å². The molecule has 3 aromatic rings. The van der Waals surface area contributed by atoms with Crippen LogP contribution in [0.25, 0.3) is 0 Å². The smallest absolute Gasteiger partial charge is 0.258 e. The lowest BCUT2D eigenvalue weighted by Gasteiger charge is -2.10. The minimum atomic E-state index is -1.38. The van der Waals surface area contributed by atoms with E-state index in [4.69, 9.17) is 5.73 Å². The van der Waals surface area contributed by atoms with Crippen LogP contribution in [-0.2, 0) is 20.8 Å². The number of azo groups is 1. The van der Waals surface area contributed by atoms with Gasteiger partial charge in [0.1, 0.15) is 0 Å². The molecule has 1 atom stereocenters. The highest BCUT2D eigenvalue weighted by atomic mass is 16.2. The average Bonchev–Trinajstić information content (AvgIpc) is 3.24. The van der Waals surface area contributed by atoms with E-state index in [1.54, 1.807) is 30.3 Å². The summed E-state index contributed by atoms with van der Waals surface area (Å²) in [6.07, 6.45) is 0.213. The van der Waals surface area contributed by atoms with Gasteiger partial charge in [0.2, 0.25) is 17.9 Å². The molecule has 0 fully saturated rings. The first-order chi connectivity index (χ1) is 17.7. The maximum absolute atomic E-state index is 12.7. The Bertz CT molecular complexity index is 1430. The summed E-state index contributed by atoms with van der Waals surface area (Å²) < 4.78 is 0. The molecule has 37 heavy (non-hydrogen) atoms. The summed E-state index contributed by atoms with van der Waals surface area (Å²) in [5, 5.41) is 15.9. The Morgan fingerprint density at radius 1 is 0.892 bits per heavy atom. The highest BCUT2D eigenvalue weighted by Gasteiger charge is 2.24. The molecule has 0 saturated heterocycles. The Morgan fingerprint density at radius 3 is 2.19 bits per heavy atom. The monoisotopic (exact) mass is 498 g/mol. The van der Waals surface area contributed by atoms with Crippen molar-refractivity contribution >= 4 is 52.2 Å². The van der Waals surface area contributed by atoms with Crippen LogP contribution < -0.4 is 21.7 Å². The fourth-order valence-corrected chi connectivity index (χ4v) is 3.56. The molecule has 3 aromatic carbocycles. The number of carbonyl (C=O) groups excluding carboxylic acids is 5. The summed E-state index contributed by atoms with van der Waals surface area (Å²) in [6.45, 7) is 1.23. The molecule has 0 spiro atoms. The Kier molecular flexibility index (Phi) is 7.14. The van der Waals surface area contributed by atoms with Crippen LogP contribution >= 0.6 is 0 Å². The van der Waals surface area contributed by atoms with E-state index in [1.165, 1.54) is 43.3 Å². The van der Waals surface area contributed by atoms with Gasteiger partial charge in [-0.05, 0) is 79.2 Å². The Labute approximate surface area is 211 Å². The van der Waals surface area contributed by atoms with Crippen LogP contribution in [0.15, 0.2) is 77.0 Å². The van der Waals surface area contributed by atoms with E-state index in [9.17, 15) is 24.0 Å². The van der Waals surface area contributed by atoms with Crippen molar-refractivity contribution in [2.24, 2.45) is 16.0 Å². The van der Waals surface area contributed by atoms with Crippen molar-refractivity contribution in [1.82, 2.24) is 0 Å². The Hall–Kier alpha value is -5.19. The molecule has 4 rings (SSSR count). The summed E-state index contributed by atoms with van der Waals surface area (Å²) in [5.74, 6) is -2.24. The zero-order chi connectivity index (χ0) is 26.5. The van der Waals surface area contributed by atoms with E-state index in [-0.39, 0.29) is 18.2 Å². The van der Waals surface area contributed by atoms with E-state index in [2.05, 4.69) is 26.2 Å². The van der Waals surface area contributed by atoms with Gasteiger partial charge in [-0.1, -0.05) is 0 Å². The highest BCUT2D eigenvalue weighted by molar-refractivity contribution is 6.10. The van der Waals surface area contributed by atoms with Crippen molar-refractivity contribution in [3.05, 3.63) is 83.4 Å². The maximum Gasteiger partial charge on any atom is 0.258 e. The molecule has 1 unspecified atom stereocenters. The first kappa shape index (κ1) is 24.9. The molecule has 1 heterocycles. The molecule has 0 saturated carbocycles. The summed E-state index contributed by atoms with van der Waals surface area (Å²) in [6, 6.07) is 15.8. The van der Waals surface area contributed by atoms with Crippen LogP contribution in [0.2, 0.25) is 0 Å². The third-order valence-corrected chi connectivity index (χ3v) is 5.48. The first-order valence-electron chi connectivity index (χ1n) is 11.2. The second-order valence-electron chi connectivity index (χ2n) is 8.26. The molecule has 11 heteroatoms. The number of nitrogens with zero attached hydrogens (tertiary/aromatic N) is 2. The van der Waals surface area contributed by atoms with Crippen LogP contribution in [0.5, 0.6) is 0 Å². The SMILES string of the molecule is CC(=O)C(N=Nc1ccc(C(=O)Nc2ccc(C(N)=O)cc2)cc1)C(=O)Nc1ccc2c(c1)CC(=O)N2. The van der Waals surface area contributed by atoms with E-state index < -0.39 is 23.6 Å². The number of ketones is 1. The van der Waals surface area contributed by atoms with Gasteiger partial charge in [-0.15, -0.1) is 0 Å². The number of nitrogens with two attached hydrogens (primary N) is 1. The number of nitrogens with one attached hydrogen (secondary N) is 3. The summed E-state index contributed by atoms with van der Waals surface area (Å²) in [4.78, 5) is 59.9. The van der Waals surface area contributed by atoms with Crippen molar-refractivity contribution in [3.8, 4) is 0 Å². The Morgan fingerprint density at radius 2 is 1.54 bits per heavy atom. The van der Waals surface area contributed by atoms with Crippen molar-refractivity contribution < 1.29 is 24.0 Å². The number of hydrogen-bond acceptors (Lipinski definition) is 7. The van der Waals surface area contributed by atoms with Gasteiger partial charge < -0.3 is 21.7 Å². The van der Waals surface area contributed by atoms with Gasteiger partial charge in [0.25, 0.3) is 11.8 Å². The fourth-order valence-electron chi connectivity index (χ4n) is 3.56. The number of anilines is 3. The second kappa shape index (κ2) is 10.6. The summed E-state index contributed by atoms with van der Waals surface area (Å²) in [7, 11) is 0. The first-order valence-corrected chi connectivity index (χ1v) is 11.2. The number of carbonyl (C=O) groups is 5. The molecule has 1 aliphatic rings. The molecular formula is C26H22N6O5. The van der Waals surface area contributed by atoms with Gasteiger partial charge in [-0.3, -0.25) is 24.0 Å². The van der Waals surface area contributed by atoms with E-state index in [1.807, 2.05) is 0 Å².